The fraction of sp³-hybridized carbons (Fsp3) is 0.357. The van der Waals surface area contributed by atoms with E-state index in [2.05, 4.69) is 10.2 Å². The topological polar surface area (TPSA) is 68.0 Å². The van der Waals surface area contributed by atoms with Crippen LogP contribution < -0.4 is 0 Å². The van der Waals surface area contributed by atoms with E-state index in [1.807, 2.05) is 43.5 Å². The molecule has 21 heavy (non-hydrogen) atoms. The van der Waals surface area contributed by atoms with Gasteiger partial charge in [0.15, 0.2) is 5.16 Å². The second-order valence-electron chi connectivity index (χ2n) is 4.97. The van der Waals surface area contributed by atoms with E-state index in [1.54, 1.807) is 0 Å². The number of thioether (sulfide) groups is 1. The van der Waals surface area contributed by atoms with E-state index >= 15 is 0 Å². The molecule has 7 heteroatoms. The zero-order chi connectivity index (χ0) is 15.6. The summed E-state index contributed by atoms with van der Waals surface area (Å²) in [6.45, 7) is 6.00. The first-order chi connectivity index (χ1) is 9.90. The number of nitrogens with zero attached hydrogens (tertiary/aromatic N) is 3. The lowest BCUT2D eigenvalue weighted by molar-refractivity contribution is -0.133. The Hall–Kier alpha value is -1.53. The van der Waals surface area contributed by atoms with Gasteiger partial charge in [0.05, 0.1) is 16.5 Å². The Morgan fingerprint density at radius 1 is 1.43 bits per heavy atom. The van der Waals surface area contributed by atoms with Gasteiger partial charge in [-0.05, 0) is 24.6 Å². The number of carbonyl (C=O) groups is 1. The van der Waals surface area contributed by atoms with Crippen LogP contribution in [-0.4, -0.2) is 31.6 Å². The van der Waals surface area contributed by atoms with Crippen LogP contribution in [0.25, 0.3) is 5.69 Å². The lowest BCUT2D eigenvalue weighted by Gasteiger charge is -2.13. The molecule has 0 bridgehead atoms. The van der Waals surface area contributed by atoms with E-state index in [0.717, 1.165) is 28.8 Å². The molecule has 0 aliphatic rings. The molecule has 1 N–H and O–H groups in total. The molecule has 5 nitrogen and oxygen atoms in total. The predicted molar refractivity (Wildman–Crippen MR) is 83.6 cm³/mol. The number of aromatic nitrogens is 3. The molecule has 0 saturated carbocycles. The normalized spacial score (nSPS) is 11.1. The summed E-state index contributed by atoms with van der Waals surface area (Å²) in [5.74, 6) is -0.0562. The number of hydrogen-bond acceptors (Lipinski definition) is 4. The van der Waals surface area contributed by atoms with Gasteiger partial charge in [0.25, 0.3) is 0 Å². The van der Waals surface area contributed by atoms with E-state index in [4.69, 9.17) is 16.7 Å². The number of hydrogen-bond donors (Lipinski definition) is 1. The fourth-order valence-corrected chi connectivity index (χ4v) is 2.77. The molecule has 1 aromatic carbocycles. The Kier molecular flexibility index (Phi) is 4.90. The van der Waals surface area contributed by atoms with E-state index in [9.17, 15) is 4.79 Å². The van der Waals surface area contributed by atoms with Gasteiger partial charge >= 0.3 is 5.97 Å². The summed E-state index contributed by atoms with van der Waals surface area (Å²) in [6.07, 6.45) is 0. The van der Waals surface area contributed by atoms with E-state index < -0.39 is 5.97 Å². The maximum absolute atomic E-state index is 10.8. The second-order valence-corrected chi connectivity index (χ2v) is 6.32. The summed E-state index contributed by atoms with van der Waals surface area (Å²) in [5, 5.41) is 18.3. The summed E-state index contributed by atoms with van der Waals surface area (Å²) in [6, 6.07) is 5.69. The van der Waals surface area contributed by atoms with Gasteiger partial charge in [-0.2, -0.15) is 0 Å². The van der Waals surface area contributed by atoms with Gasteiger partial charge < -0.3 is 5.11 Å². The molecule has 0 saturated heterocycles. The summed E-state index contributed by atoms with van der Waals surface area (Å²) in [4.78, 5) is 10.8. The van der Waals surface area contributed by atoms with E-state index in [-0.39, 0.29) is 11.7 Å². The first-order valence-electron chi connectivity index (χ1n) is 6.46. The third-order valence-corrected chi connectivity index (χ3v) is 4.08. The van der Waals surface area contributed by atoms with Gasteiger partial charge in [0.2, 0.25) is 0 Å². The molecular formula is C14H16ClN3O2S. The molecule has 0 amide bonds. The maximum atomic E-state index is 10.8. The molecule has 1 heterocycles. The zero-order valence-corrected chi connectivity index (χ0v) is 13.6. The highest BCUT2D eigenvalue weighted by atomic mass is 35.5. The minimum Gasteiger partial charge on any atom is -0.481 e. The highest BCUT2D eigenvalue weighted by Crippen LogP contribution is 2.30. The largest absolute Gasteiger partial charge is 0.481 e. The molecule has 0 fully saturated rings. The van der Waals surface area contributed by atoms with Crippen molar-refractivity contribution in [2.24, 2.45) is 0 Å². The third kappa shape index (κ3) is 3.57. The Labute approximate surface area is 132 Å². The summed E-state index contributed by atoms with van der Waals surface area (Å²) >= 11 is 7.43. The SMILES string of the molecule is Cc1ccc(Cl)c(-n2c(SCC(=O)O)nnc2C(C)C)c1. The van der Waals surface area contributed by atoms with Crippen LogP contribution in [0.2, 0.25) is 5.02 Å². The number of carboxylic acid groups (broad SMARTS) is 1. The highest BCUT2D eigenvalue weighted by molar-refractivity contribution is 7.99. The Morgan fingerprint density at radius 3 is 2.76 bits per heavy atom. The number of aliphatic carboxylic acids is 1. The molecule has 2 aromatic rings. The van der Waals surface area contributed by atoms with Crippen LogP contribution in [0.15, 0.2) is 23.4 Å². The number of halogens is 1. The number of aryl methyl sites for hydroxylation is 1. The van der Waals surface area contributed by atoms with Crippen LogP contribution in [0.3, 0.4) is 0 Å². The van der Waals surface area contributed by atoms with Crippen molar-refractivity contribution in [2.45, 2.75) is 31.8 Å². The fourth-order valence-electron chi connectivity index (χ4n) is 1.90. The van der Waals surface area contributed by atoms with Crippen molar-refractivity contribution in [1.29, 1.82) is 0 Å². The van der Waals surface area contributed by atoms with Crippen LogP contribution >= 0.6 is 23.4 Å². The number of benzene rings is 1. The molecule has 0 aliphatic heterocycles. The quantitative estimate of drug-likeness (QED) is 0.852. The molecule has 0 spiro atoms. The van der Waals surface area contributed by atoms with Gasteiger partial charge in [-0.1, -0.05) is 43.3 Å². The third-order valence-electron chi connectivity index (χ3n) is 2.84. The van der Waals surface area contributed by atoms with Crippen LogP contribution in [0, 0.1) is 6.92 Å². The number of rotatable bonds is 5. The first-order valence-corrected chi connectivity index (χ1v) is 7.83. The molecular weight excluding hydrogens is 310 g/mol. The van der Waals surface area contributed by atoms with Crippen LogP contribution in [0.4, 0.5) is 0 Å². The van der Waals surface area contributed by atoms with Crippen molar-refractivity contribution in [1.82, 2.24) is 14.8 Å². The Bertz CT molecular complexity index is 670. The minimum atomic E-state index is -0.893. The summed E-state index contributed by atoms with van der Waals surface area (Å²) in [5.41, 5.74) is 1.84. The van der Waals surface area contributed by atoms with Crippen molar-refractivity contribution in [3.05, 3.63) is 34.6 Å². The van der Waals surface area contributed by atoms with Gasteiger partial charge in [0, 0.05) is 5.92 Å². The molecule has 0 unspecified atom stereocenters. The van der Waals surface area contributed by atoms with E-state index in [0.29, 0.717) is 10.2 Å². The Morgan fingerprint density at radius 2 is 2.14 bits per heavy atom. The van der Waals surface area contributed by atoms with Gasteiger partial charge in [-0.15, -0.1) is 10.2 Å². The monoisotopic (exact) mass is 325 g/mol. The highest BCUT2D eigenvalue weighted by Gasteiger charge is 2.19. The van der Waals surface area contributed by atoms with Gasteiger partial charge in [-0.3, -0.25) is 9.36 Å². The van der Waals surface area contributed by atoms with Gasteiger partial charge in [-0.25, -0.2) is 0 Å². The standard InChI is InChI=1S/C14H16ClN3O2S/c1-8(2)13-16-17-14(21-7-12(19)20)18(13)11-6-9(3)4-5-10(11)15/h4-6,8H,7H2,1-3H3,(H,19,20). The van der Waals surface area contributed by atoms with Crippen molar-refractivity contribution < 1.29 is 9.90 Å². The van der Waals surface area contributed by atoms with Crippen molar-refractivity contribution in [3.8, 4) is 5.69 Å². The van der Waals surface area contributed by atoms with Crippen molar-refractivity contribution in [3.63, 3.8) is 0 Å². The average molecular weight is 326 g/mol. The second kappa shape index (κ2) is 6.49. The van der Waals surface area contributed by atoms with Gasteiger partial charge in [0.1, 0.15) is 5.82 Å². The van der Waals surface area contributed by atoms with E-state index in [1.165, 1.54) is 0 Å². The molecule has 2 rings (SSSR count). The van der Waals surface area contributed by atoms with Crippen LogP contribution in [-0.2, 0) is 4.79 Å². The van der Waals surface area contributed by atoms with Crippen molar-refractivity contribution in [2.75, 3.05) is 5.75 Å². The zero-order valence-electron chi connectivity index (χ0n) is 12.0. The molecule has 0 aliphatic carbocycles. The smallest absolute Gasteiger partial charge is 0.313 e. The molecule has 0 radical (unpaired) electrons. The van der Waals surface area contributed by atoms with Crippen LogP contribution in [0.1, 0.15) is 31.2 Å². The predicted octanol–water partition coefficient (Wildman–Crippen LogP) is 3.53. The minimum absolute atomic E-state index is 0.0698. The first kappa shape index (κ1) is 15.9. The maximum Gasteiger partial charge on any atom is 0.313 e. The number of carboxylic acids is 1. The lowest BCUT2D eigenvalue weighted by atomic mass is 10.2. The van der Waals surface area contributed by atoms with Crippen LogP contribution in [0.5, 0.6) is 0 Å². The average Bonchev–Trinajstić information content (AvgIpc) is 2.83. The summed E-state index contributed by atoms with van der Waals surface area (Å²) in [7, 11) is 0. The molecule has 112 valence electrons. The Balaban J connectivity index is 2.55. The lowest BCUT2D eigenvalue weighted by Crippen LogP contribution is -2.07. The summed E-state index contributed by atoms with van der Waals surface area (Å²) < 4.78 is 1.84. The van der Waals surface area contributed by atoms with Crippen molar-refractivity contribution >= 4 is 29.3 Å². The molecule has 1 aromatic heterocycles. The molecule has 0 atom stereocenters.